The van der Waals surface area contributed by atoms with Crippen LogP contribution < -0.4 is 14.2 Å². The molecule has 2 aromatic rings. The molecule has 1 heterocycles. The van der Waals surface area contributed by atoms with Crippen molar-refractivity contribution in [3.05, 3.63) is 53.6 Å². The number of ether oxygens (including phenoxy) is 3. The maximum Gasteiger partial charge on any atom is 0.250 e. The third kappa shape index (κ3) is 5.77. The first-order valence-corrected chi connectivity index (χ1v) is 13.0. The van der Waals surface area contributed by atoms with Gasteiger partial charge in [0.05, 0.1) is 20.3 Å². The van der Waals surface area contributed by atoms with Crippen molar-refractivity contribution in [1.82, 2.24) is 9.80 Å². The van der Waals surface area contributed by atoms with Crippen LogP contribution in [0.15, 0.2) is 42.5 Å². The van der Waals surface area contributed by atoms with Crippen LogP contribution in [0.3, 0.4) is 0 Å². The number of nitrogens with zero attached hydrogens (tertiary/aromatic N) is 2. The second-order valence-corrected chi connectivity index (χ2v) is 9.96. The Morgan fingerprint density at radius 2 is 1.58 bits per heavy atom. The Hall–Kier alpha value is -3.22. The molecule has 1 saturated carbocycles. The number of methoxy groups -OCH3 is 2. The van der Waals surface area contributed by atoms with E-state index in [0.29, 0.717) is 18.0 Å². The van der Waals surface area contributed by atoms with Crippen LogP contribution in [0.1, 0.15) is 69.5 Å². The molecule has 2 amide bonds. The third-order valence-electron chi connectivity index (χ3n) is 7.10. The standard InChI is InChI=1S/C29H38N2O5/c1-20(2)36-25-16-13-22(17-26(25)35-4)28-29(33)30(23-9-7-5-6-8-10-23)19-27(32)31(28)18-21-11-14-24(34-3)15-12-21/h11-17,20,23,28H,5-10,18-19H2,1-4H3/t28-/m0/s1. The van der Waals surface area contributed by atoms with Gasteiger partial charge in [0.1, 0.15) is 18.3 Å². The van der Waals surface area contributed by atoms with Gasteiger partial charge in [0, 0.05) is 12.6 Å². The van der Waals surface area contributed by atoms with Gasteiger partial charge in [-0.15, -0.1) is 0 Å². The number of hydrogen-bond donors (Lipinski definition) is 0. The predicted molar refractivity (Wildman–Crippen MR) is 138 cm³/mol. The van der Waals surface area contributed by atoms with Gasteiger partial charge >= 0.3 is 0 Å². The lowest BCUT2D eigenvalue weighted by Crippen LogP contribution is -2.57. The SMILES string of the molecule is COc1ccc(CN2C(=O)CN(C3CCCCCC3)C(=O)[C@@H]2c2ccc(OC(C)C)c(OC)c2)cc1. The van der Waals surface area contributed by atoms with Crippen LogP contribution in [-0.2, 0) is 16.1 Å². The smallest absolute Gasteiger partial charge is 0.250 e. The van der Waals surface area contributed by atoms with E-state index in [9.17, 15) is 9.59 Å². The third-order valence-corrected chi connectivity index (χ3v) is 7.10. The zero-order valence-corrected chi connectivity index (χ0v) is 21.9. The lowest BCUT2D eigenvalue weighted by Gasteiger charge is -2.43. The molecule has 7 nitrogen and oxygen atoms in total. The number of piperazine rings is 1. The maximum atomic E-state index is 14.1. The monoisotopic (exact) mass is 494 g/mol. The lowest BCUT2D eigenvalue weighted by atomic mass is 9.96. The second kappa shape index (κ2) is 11.7. The van der Waals surface area contributed by atoms with Crippen molar-refractivity contribution >= 4 is 11.8 Å². The minimum atomic E-state index is -0.724. The fraction of sp³-hybridized carbons (Fsp3) is 0.517. The minimum Gasteiger partial charge on any atom is -0.497 e. The van der Waals surface area contributed by atoms with Gasteiger partial charge in [0.15, 0.2) is 11.5 Å². The highest BCUT2D eigenvalue weighted by atomic mass is 16.5. The van der Waals surface area contributed by atoms with Crippen molar-refractivity contribution in [2.24, 2.45) is 0 Å². The molecule has 1 aliphatic carbocycles. The van der Waals surface area contributed by atoms with Gasteiger partial charge in [-0.05, 0) is 62.1 Å². The van der Waals surface area contributed by atoms with E-state index in [1.165, 1.54) is 12.8 Å². The zero-order valence-electron chi connectivity index (χ0n) is 21.9. The Morgan fingerprint density at radius 1 is 0.889 bits per heavy atom. The van der Waals surface area contributed by atoms with Gasteiger partial charge in [0.2, 0.25) is 5.91 Å². The van der Waals surface area contributed by atoms with Crippen molar-refractivity contribution in [3.8, 4) is 17.2 Å². The average molecular weight is 495 g/mol. The highest BCUT2D eigenvalue weighted by molar-refractivity contribution is 5.96. The summed E-state index contributed by atoms with van der Waals surface area (Å²) in [6.07, 6.45) is 6.46. The number of amides is 2. The number of carbonyl (C=O) groups is 2. The van der Waals surface area contributed by atoms with Crippen molar-refractivity contribution in [2.45, 2.75) is 77.1 Å². The Labute approximate surface area is 214 Å². The normalized spacial score (nSPS) is 19.4. The average Bonchev–Trinajstić information content (AvgIpc) is 3.16. The van der Waals surface area contributed by atoms with Crippen molar-refractivity contribution in [3.63, 3.8) is 0 Å². The van der Waals surface area contributed by atoms with Gasteiger partial charge in [-0.3, -0.25) is 9.59 Å². The van der Waals surface area contributed by atoms with Crippen LogP contribution in [0.25, 0.3) is 0 Å². The molecule has 0 aromatic heterocycles. The summed E-state index contributed by atoms with van der Waals surface area (Å²) in [5.41, 5.74) is 1.67. The fourth-order valence-electron chi connectivity index (χ4n) is 5.26. The predicted octanol–water partition coefficient (Wildman–Crippen LogP) is 5.13. The van der Waals surface area contributed by atoms with Crippen LogP contribution in [0.4, 0.5) is 0 Å². The fourth-order valence-corrected chi connectivity index (χ4v) is 5.26. The molecule has 0 radical (unpaired) electrons. The molecule has 0 bridgehead atoms. The summed E-state index contributed by atoms with van der Waals surface area (Å²) in [5.74, 6) is 1.86. The molecule has 7 heteroatoms. The molecule has 2 aliphatic rings. The van der Waals surface area contributed by atoms with Gasteiger partial charge in [0.25, 0.3) is 5.91 Å². The molecule has 0 spiro atoms. The van der Waals surface area contributed by atoms with Gasteiger partial charge < -0.3 is 24.0 Å². The van der Waals surface area contributed by atoms with Crippen LogP contribution in [0.5, 0.6) is 17.2 Å². The molecule has 2 aromatic carbocycles. The summed E-state index contributed by atoms with van der Waals surface area (Å²) in [6, 6.07) is 12.6. The van der Waals surface area contributed by atoms with E-state index in [-0.39, 0.29) is 30.5 Å². The molecular formula is C29H38N2O5. The van der Waals surface area contributed by atoms with Gasteiger partial charge in [-0.1, -0.05) is 43.9 Å². The summed E-state index contributed by atoms with van der Waals surface area (Å²) < 4.78 is 16.8. The highest BCUT2D eigenvalue weighted by Crippen LogP contribution is 2.37. The highest BCUT2D eigenvalue weighted by Gasteiger charge is 2.43. The van der Waals surface area contributed by atoms with E-state index in [1.54, 1.807) is 19.1 Å². The largest absolute Gasteiger partial charge is 0.497 e. The molecule has 1 aliphatic heterocycles. The summed E-state index contributed by atoms with van der Waals surface area (Å²) in [4.78, 5) is 31.2. The van der Waals surface area contributed by atoms with E-state index in [2.05, 4.69) is 0 Å². The maximum absolute atomic E-state index is 14.1. The van der Waals surface area contributed by atoms with E-state index < -0.39 is 6.04 Å². The number of benzene rings is 2. The topological polar surface area (TPSA) is 68.3 Å². The zero-order chi connectivity index (χ0) is 25.7. The first kappa shape index (κ1) is 25.9. The molecule has 0 N–H and O–H groups in total. The quantitative estimate of drug-likeness (QED) is 0.476. The summed E-state index contributed by atoms with van der Waals surface area (Å²) in [6.45, 7) is 4.38. The van der Waals surface area contributed by atoms with Crippen molar-refractivity contribution in [2.75, 3.05) is 20.8 Å². The molecule has 4 rings (SSSR count). The van der Waals surface area contributed by atoms with E-state index >= 15 is 0 Å². The van der Waals surface area contributed by atoms with Crippen LogP contribution >= 0.6 is 0 Å². The number of hydrogen-bond acceptors (Lipinski definition) is 5. The summed E-state index contributed by atoms with van der Waals surface area (Å²) >= 11 is 0. The molecule has 36 heavy (non-hydrogen) atoms. The molecule has 194 valence electrons. The Balaban J connectivity index is 1.70. The van der Waals surface area contributed by atoms with Crippen LogP contribution in [0.2, 0.25) is 0 Å². The van der Waals surface area contributed by atoms with E-state index in [1.807, 2.05) is 61.2 Å². The summed E-state index contributed by atoms with van der Waals surface area (Å²) in [7, 11) is 3.22. The van der Waals surface area contributed by atoms with Crippen molar-refractivity contribution < 1.29 is 23.8 Å². The van der Waals surface area contributed by atoms with E-state index in [0.717, 1.165) is 42.6 Å². The van der Waals surface area contributed by atoms with Crippen LogP contribution in [-0.4, -0.2) is 54.5 Å². The van der Waals surface area contributed by atoms with Crippen molar-refractivity contribution in [1.29, 1.82) is 0 Å². The first-order chi connectivity index (χ1) is 17.4. The Morgan fingerprint density at radius 3 is 2.19 bits per heavy atom. The molecule has 1 atom stereocenters. The van der Waals surface area contributed by atoms with Gasteiger partial charge in [-0.25, -0.2) is 0 Å². The molecule has 2 fully saturated rings. The number of rotatable bonds is 8. The van der Waals surface area contributed by atoms with E-state index in [4.69, 9.17) is 14.2 Å². The minimum absolute atomic E-state index is 0.0139. The molecule has 0 unspecified atom stereocenters. The lowest BCUT2D eigenvalue weighted by molar-refractivity contribution is -0.159. The number of carbonyl (C=O) groups excluding carboxylic acids is 2. The Bertz CT molecular complexity index is 1040. The molecule has 1 saturated heterocycles. The van der Waals surface area contributed by atoms with Crippen LogP contribution in [0, 0.1) is 0 Å². The summed E-state index contributed by atoms with van der Waals surface area (Å²) in [5, 5.41) is 0. The molecular weight excluding hydrogens is 456 g/mol. The Kier molecular flexibility index (Phi) is 8.39. The van der Waals surface area contributed by atoms with Gasteiger partial charge in [-0.2, -0.15) is 0 Å². The first-order valence-electron chi connectivity index (χ1n) is 13.0. The second-order valence-electron chi connectivity index (χ2n) is 9.96.